The largest absolute Gasteiger partial charge is 0.454 e. The van der Waals surface area contributed by atoms with Crippen molar-refractivity contribution >= 4 is 28.7 Å². The van der Waals surface area contributed by atoms with E-state index in [1.807, 2.05) is 25.1 Å². The van der Waals surface area contributed by atoms with Gasteiger partial charge in [-0.1, -0.05) is 37.3 Å². The molecule has 0 amide bonds. The van der Waals surface area contributed by atoms with Crippen molar-refractivity contribution in [3.63, 3.8) is 0 Å². The molecule has 5 heteroatoms. The van der Waals surface area contributed by atoms with Crippen molar-refractivity contribution in [3.8, 4) is 0 Å². The Balaban J connectivity index is 1.63. The Morgan fingerprint density at radius 1 is 1.15 bits per heavy atom. The molecule has 0 aliphatic rings. The van der Waals surface area contributed by atoms with Crippen LogP contribution in [0.4, 0.5) is 4.39 Å². The van der Waals surface area contributed by atoms with E-state index in [0.717, 1.165) is 22.9 Å². The highest BCUT2D eigenvalue weighted by Gasteiger charge is 2.14. The molecule has 0 saturated heterocycles. The third-order valence-corrected chi connectivity index (χ3v) is 4.11. The van der Waals surface area contributed by atoms with E-state index < -0.39 is 5.97 Å². The number of benzene rings is 2. The minimum Gasteiger partial charge on any atom is -0.454 e. The maximum absolute atomic E-state index is 12.8. The van der Waals surface area contributed by atoms with Crippen LogP contribution in [0.5, 0.6) is 0 Å². The molecule has 0 bridgehead atoms. The molecule has 3 rings (SSSR count). The van der Waals surface area contributed by atoms with Crippen molar-refractivity contribution in [2.24, 2.45) is 0 Å². The third kappa shape index (κ3) is 3.88. The molecule has 26 heavy (non-hydrogen) atoms. The Morgan fingerprint density at radius 2 is 1.92 bits per heavy atom. The van der Waals surface area contributed by atoms with Crippen molar-refractivity contribution in [2.75, 3.05) is 6.61 Å². The SMILES string of the molecule is CCc1cccc2c(C(=O)COC(=O)/C=C/c3ccc(F)cc3)c[nH]c12. The van der Waals surface area contributed by atoms with Crippen LogP contribution in [0.25, 0.3) is 17.0 Å². The molecule has 0 saturated carbocycles. The molecule has 1 N–H and O–H groups in total. The molecule has 132 valence electrons. The number of carbonyl (C=O) groups is 2. The fourth-order valence-corrected chi connectivity index (χ4v) is 2.74. The second-order valence-electron chi connectivity index (χ2n) is 5.81. The van der Waals surface area contributed by atoms with Crippen LogP contribution in [0.15, 0.2) is 54.7 Å². The van der Waals surface area contributed by atoms with Crippen LogP contribution in [0.3, 0.4) is 0 Å². The summed E-state index contributed by atoms with van der Waals surface area (Å²) in [5.41, 5.74) is 3.23. The van der Waals surface area contributed by atoms with Gasteiger partial charge in [0.05, 0.1) is 0 Å². The van der Waals surface area contributed by atoms with Gasteiger partial charge in [0, 0.05) is 28.7 Å². The van der Waals surface area contributed by atoms with E-state index in [0.29, 0.717) is 11.1 Å². The second-order valence-corrected chi connectivity index (χ2v) is 5.81. The van der Waals surface area contributed by atoms with Gasteiger partial charge >= 0.3 is 5.97 Å². The molecule has 0 unspecified atom stereocenters. The summed E-state index contributed by atoms with van der Waals surface area (Å²) in [6, 6.07) is 11.5. The van der Waals surface area contributed by atoms with Crippen LogP contribution in [0.2, 0.25) is 0 Å². The molecular formula is C21H18FNO3. The molecule has 2 aromatic carbocycles. The summed E-state index contributed by atoms with van der Waals surface area (Å²) < 4.78 is 17.8. The van der Waals surface area contributed by atoms with E-state index in [-0.39, 0.29) is 18.2 Å². The number of esters is 1. The summed E-state index contributed by atoms with van der Waals surface area (Å²) in [6.45, 7) is 1.71. The summed E-state index contributed by atoms with van der Waals surface area (Å²) >= 11 is 0. The average Bonchev–Trinajstić information content (AvgIpc) is 3.10. The van der Waals surface area contributed by atoms with Gasteiger partial charge in [-0.05, 0) is 35.8 Å². The molecule has 0 aliphatic carbocycles. The third-order valence-electron chi connectivity index (χ3n) is 4.11. The Morgan fingerprint density at radius 3 is 2.65 bits per heavy atom. The molecule has 0 spiro atoms. The van der Waals surface area contributed by atoms with Crippen LogP contribution in [-0.2, 0) is 16.0 Å². The van der Waals surface area contributed by atoms with Gasteiger partial charge in [0.15, 0.2) is 6.61 Å². The van der Waals surface area contributed by atoms with E-state index in [2.05, 4.69) is 4.98 Å². The monoisotopic (exact) mass is 351 g/mol. The van der Waals surface area contributed by atoms with Crippen molar-refractivity contribution in [2.45, 2.75) is 13.3 Å². The minimum atomic E-state index is -0.628. The first kappa shape index (κ1) is 17.6. The van der Waals surface area contributed by atoms with Gasteiger partial charge in [0.2, 0.25) is 5.78 Å². The molecule has 0 atom stereocenters. The lowest BCUT2D eigenvalue weighted by Gasteiger charge is -2.02. The normalized spacial score (nSPS) is 11.2. The van der Waals surface area contributed by atoms with E-state index in [4.69, 9.17) is 4.74 Å². The zero-order valence-electron chi connectivity index (χ0n) is 14.3. The summed E-state index contributed by atoms with van der Waals surface area (Å²) in [5, 5.41) is 0.826. The Hall–Kier alpha value is -3.21. The van der Waals surface area contributed by atoms with Gasteiger partial charge in [0.25, 0.3) is 0 Å². The van der Waals surface area contributed by atoms with Crippen molar-refractivity contribution < 1.29 is 18.7 Å². The van der Waals surface area contributed by atoms with Crippen LogP contribution < -0.4 is 0 Å². The fraction of sp³-hybridized carbons (Fsp3) is 0.143. The van der Waals surface area contributed by atoms with Gasteiger partial charge < -0.3 is 9.72 Å². The van der Waals surface area contributed by atoms with Crippen LogP contribution in [-0.4, -0.2) is 23.3 Å². The highest BCUT2D eigenvalue weighted by Crippen LogP contribution is 2.22. The number of Topliss-reactive ketones (excluding diaryl/α,β-unsaturated/α-hetero) is 1. The standard InChI is InChI=1S/C21H18FNO3/c1-2-15-4-3-5-17-18(12-23-21(15)17)19(24)13-26-20(25)11-8-14-6-9-16(22)10-7-14/h3-12,23H,2,13H2,1H3/b11-8+. The number of ketones is 1. The maximum Gasteiger partial charge on any atom is 0.331 e. The van der Waals surface area contributed by atoms with E-state index >= 15 is 0 Å². The molecule has 0 aliphatic heterocycles. The summed E-state index contributed by atoms with van der Waals surface area (Å²) in [5.74, 6) is -1.25. The summed E-state index contributed by atoms with van der Waals surface area (Å²) in [7, 11) is 0. The van der Waals surface area contributed by atoms with E-state index in [1.165, 1.54) is 24.3 Å². The lowest BCUT2D eigenvalue weighted by Crippen LogP contribution is -2.12. The number of para-hydroxylation sites is 1. The number of hydrogen-bond acceptors (Lipinski definition) is 3. The quantitative estimate of drug-likeness (QED) is 0.409. The number of ether oxygens (including phenoxy) is 1. The topological polar surface area (TPSA) is 59.2 Å². The number of rotatable bonds is 6. The van der Waals surface area contributed by atoms with Gasteiger partial charge in [-0.15, -0.1) is 0 Å². The number of aryl methyl sites for hydroxylation is 1. The van der Waals surface area contributed by atoms with Crippen LogP contribution in [0, 0.1) is 5.82 Å². The van der Waals surface area contributed by atoms with Gasteiger partial charge in [-0.2, -0.15) is 0 Å². The number of H-pyrrole nitrogens is 1. The molecular weight excluding hydrogens is 333 g/mol. The zero-order valence-corrected chi connectivity index (χ0v) is 14.3. The van der Waals surface area contributed by atoms with Gasteiger partial charge in [0.1, 0.15) is 5.82 Å². The summed E-state index contributed by atoms with van der Waals surface area (Å²) in [6.07, 6.45) is 5.22. The molecule has 0 fully saturated rings. The number of aromatic nitrogens is 1. The number of carbonyl (C=O) groups excluding carboxylic acids is 2. The van der Waals surface area contributed by atoms with Gasteiger partial charge in [-0.3, -0.25) is 4.79 Å². The molecule has 1 heterocycles. The Bertz CT molecular complexity index is 971. The number of fused-ring (bicyclic) bond motifs is 1. The molecule has 0 radical (unpaired) electrons. The number of aromatic amines is 1. The fourth-order valence-electron chi connectivity index (χ4n) is 2.74. The molecule has 4 nitrogen and oxygen atoms in total. The lowest BCUT2D eigenvalue weighted by atomic mass is 10.1. The molecule has 3 aromatic rings. The predicted octanol–water partition coefficient (Wildman–Crippen LogP) is 4.31. The zero-order chi connectivity index (χ0) is 18.5. The summed E-state index contributed by atoms with van der Waals surface area (Å²) in [4.78, 5) is 27.3. The van der Waals surface area contributed by atoms with Crippen LogP contribution >= 0.6 is 0 Å². The van der Waals surface area contributed by atoms with Crippen molar-refractivity contribution in [3.05, 3.63) is 77.2 Å². The maximum atomic E-state index is 12.8. The average molecular weight is 351 g/mol. The minimum absolute atomic E-state index is 0.270. The van der Waals surface area contributed by atoms with Crippen LogP contribution in [0.1, 0.15) is 28.4 Å². The van der Waals surface area contributed by atoms with Crippen molar-refractivity contribution in [1.29, 1.82) is 0 Å². The second kappa shape index (κ2) is 7.78. The Labute approximate surface area is 150 Å². The van der Waals surface area contributed by atoms with E-state index in [9.17, 15) is 14.0 Å². The first-order valence-corrected chi connectivity index (χ1v) is 8.31. The first-order chi connectivity index (χ1) is 12.6. The highest BCUT2D eigenvalue weighted by atomic mass is 19.1. The first-order valence-electron chi connectivity index (χ1n) is 8.31. The number of halogens is 1. The van der Waals surface area contributed by atoms with Crippen molar-refractivity contribution in [1.82, 2.24) is 4.98 Å². The lowest BCUT2D eigenvalue weighted by molar-refractivity contribution is -0.136. The Kier molecular flexibility index (Phi) is 5.27. The van der Waals surface area contributed by atoms with Gasteiger partial charge in [-0.25, -0.2) is 9.18 Å². The predicted molar refractivity (Wildman–Crippen MR) is 98.4 cm³/mol. The molecule has 1 aromatic heterocycles. The highest BCUT2D eigenvalue weighted by molar-refractivity contribution is 6.09. The van der Waals surface area contributed by atoms with E-state index in [1.54, 1.807) is 18.3 Å². The number of hydrogen-bond donors (Lipinski definition) is 1. The smallest absolute Gasteiger partial charge is 0.331 e. The number of nitrogens with one attached hydrogen (secondary N) is 1.